The van der Waals surface area contributed by atoms with Gasteiger partial charge in [0.1, 0.15) is 11.6 Å². The van der Waals surface area contributed by atoms with Gasteiger partial charge >= 0.3 is 5.76 Å². The van der Waals surface area contributed by atoms with Crippen LogP contribution in [0.3, 0.4) is 0 Å². The fraction of sp³-hybridized carbons (Fsp3) is 0.294. The third kappa shape index (κ3) is 5.70. The topological polar surface area (TPSA) is 103 Å². The van der Waals surface area contributed by atoms with Gasteiger partial charge in [-0.1, -0.05) is 61.0 Å². The molecule has 0 aliphatic heterocycles. The second-order valence-electron chi connectivity index (χ2n) is 10.7. The van der Waals surface area contributed by atoms with Crippen molar-refractivity contribution in [2.24, 2.45) is 0 Å². The van der Waals surface area contributed by atoms with Gasteiger partial charge in [0, 0.05) is 23.5 Å². The molecule has 0 unspecified atom stereocenters. The minimum absolute atomic E-state index is 0.0364. The Morgan fingerprint density at radius 1 is 0.976 bits per heavy atom. The summed E-state index contributed by atoms with van der Waals surface area (Å²) in [7, 11) is 0. The van der Waals surface area contributed by atoms with Crippen molar-refractivity contribution >= 4 is 0 Å². The maximum absolute atomic E-state index is 14.4. The first-order chi connectivity index (χ1) is 20.6. The molecular formula is C34H34N4O4. The van der Waals surface area contributed by atoms with E-state index >= 15 is 0 Å². The molecule has 1 aliphatic carbocycles. The highest BCUT2D eigenvalue weighted by Crippen LogP contribution is 2.40. The first kappa shape index (κ1) is 27.4. The minimum atomic E-state index is -0.616. The second-order valence-corrected chi connectivity index (χ2v) is 10.7. The lowest BCUT2D eigenvalue weighted by Crippen LogP contribution is -2.29. The predicted octanol–water partition coefficient (Wildman–Crippen LogP) is 6.45. The number of aryl methyl sites for hydroxylation is 1. The number of hydrogen-bond donors (Lipinski definition) is 1. The van der Waals surface area contributed by atoms with E-state index < -0.39 is 5.76 Å². The fourth-order valence-electron chi connectivity index (χ4n) is 5.39. The highest BCUT2D eigenvalue weighted by Gasteiger charge is 2.31. The Balaban J connectivity index is 1.47. The normalized spacial score (nSPS) is 12.9. The van der Waals surface area contributed by atoms with Crippen molar-refractivity contribution in [3.8, 4) is 34.0 Å². The Kier molecular flexibility index (Phi) is 7.86. The van der Waals surface area contributed by atoms with Gasteiger partial charge in [-0.2, -0.15) is 0 Å². The average Bonchev–Trinajstić information content (AvgIpc) is 3.77. The lowest BCUT2D eigenvalue weighted by atomic mass is 9.94. The van der Waals surface area contributed by atoms with Gasteiger partial charge < -0.3 is 4.74 Å². The number of ether oxygens (including phenoxy) is 1. The molecule has 1 fully saturated rings. The van der Waals surface area contributed by atoms with Crippen LogP contribution in [0.15, 0.2) is 86.9 Å². The molecule has 0 radical (unpaired) electrons. The van der Waals surface area contributed by atoms with Crippen molar-refractivity contribution in [1.82, 2.24) is 19.7 Å². The lowest BCUT2D eigenvalue weighted by molar-refractivity contribution is 0.340. The van der Waals surface area contributed by atoms with Crippen LogP contribution >= 0.6 is 0 Å². The summed E-state index contributed by atoms with van der Waals surface area (Å²) in [5.74, 6) is 1.64. The van der Waals surface area contributed by atoms with E-state index in [1.54, 1.807) is 4.57 Å². The monoisotopic (exact) mass is 562 g/mol. The van der Waals surface area contributed by atoms with E-state index in [1.807, 2.05) is 79.7 Å². The summed E-state index contributed by atoms with van der Waals surface area (Å²) in [6.07, 6.45) is 5.19. The van der Waals surface area contributed by atoms with E-state index in [2.05, 4.69) is 17.1 Å². The Morgan fingerprint density at radius 2 is 1.76 bits per heavy atom. The Bertz CT molecular complexity index is 1800. The molecule has 1 saturated carbocycles. The zero-order valence-electron chi connectivity index (χ0n) is 23.9. The van der Waals surface area contributed by atoms with Crippen LogP contribution in [0.4, 0.5) is 0 Å². The maximum Gasteiger partial charge on any atom is 0.439 e. The first-order valence-electron chi connectivity index (χ1n) is 14.7. The van der Waals surface area contributed by atoms with Crippen LogP contribution in [-0.4, -0.2) is 26.3 Å². The summed E-state index contributed by atoms with van der Waals surface area (Å²) in [5, 5.41) is 3.98. The summed E-state index contributed by atoms with van der Waals surface area (Å²) >= 11 is 0. The standard InChI is InChI=1S/C34H34N4O4/c1-3-5-11-30-29(33(39)38(32(35-30)24-13-14-24)25-15-17-26(18-16-25)41-4-2)21-22-12-19-27(23-9-7-6-8-10-23)28(20-22)31-36-34(40)42-37-31/h6-10,12,15-20,24H,3-5,11,13-14,21H2,1-2H3,(H,36,37,40). The van der Waals surface area contributed by atoms with Crippen LogP contribution in [0, 0.1) is 0 Å². The molecule has 0 amide bonds. The number of benzene rings is 3. The Labute approximate surface area is 244 Å². The van der Waals surface area contributed by atoms with Crippen molar-refractivity contribution < 1.29 is 9.26 Å². The van der Waals surface area contributed by atoms with Gasteiger partial charge in [-0.15, -0.1) is 0 Å². The van der Waals surface area contributed by atoms with Crippen LogP contribution in [0.25, 0.3) is 28.2 Å². The first-order valence-corrected chi connectivity index (χ1v) is 14.7. The smallest absolute Gasteiger partial charge is 0.439 e. The number of aromatic amines is 1. The van der Waals surface area contributed by atoms with Crippen molar-refractivity contribution in [3.63, 3.8) is 0 Å². The van der Waals surface area contributed by atoms with Gasteiger partial charge in [-0.05, 0) is 79.6 Å². The molecule has 5 aromatic rings. The van der Waals surface area contributed by atoms with E-state index in [0.29, 0.717) is 30.3 Å². The molecule has 0 saturated heterocycles. The summed E-state index contributed by atoms with van der Waals surface area (Å²) in [6, 6.07) is 23.6. The van der Waals surface area contributed by atoms with E-state index in [4.69, 9.17) is 14.2 Å². The number of hydrogen-bond acceptors (Lipinski definition) is 6. The molecular weight excluding hydrogens is 528 g/mol. The highest BCUT2D eigenvalue weighted by molar-refractivity contribution is 5.81. The van der Waals surface area contributed by atoms with Gasteiger partial charge in [-0.25, -0.2) is 9.78 Å². The van der Waals surface area contributed by atoms with Gasteiger partial charge in [0.05, 0.1) is 18.0 Å². The van der Waals surface area contributed by atoms with Crippen LogP contribution in [0.5, 0.6) is 5.75 Å². The third-order valence-corrected chi connectivity index (χ3v) is 7.65. The largest absolute Gasteiger partial charge is 0.494 e. The number of aromatic nitrogens is 4. The van der Waals surface area contributed by atoms with Gasteiger partial charge in [0.25, 0.3) is 5.56 Å². The number of nitrogens with zero attached hydrogens (tertiary/aromatic N) is 3. The molecule has 6 rings (SSSR count). The van der Waals surface area contributed by atoms with E-state index in [1.165, 1.54) is 0 Å². The van der Waals surface area contributed by atoms with Crippen molar-refractivity contribution in [2.75, 3.05) is 6.61 Å². The molecule has 1 N–H and O–H groups in total. The molecule has 2 heterocycles. The predicted molar refractivity (Wildman–Crippen MR) is 162 cm³/mol. The van der Waals surface area contributed by atoms with Crippen LogP contribution in [0.1, 0.15) is 68.1 Å². The molecule has 0 atom stereocenters. The summed E-state index contributed by atoms with van der Waals surface area (Å²) in [4.78, 5) is 34.1. The van der Waals surface area contributed by atoms with Crippen molar-refractivity contribution in [3.05, 3.63) is 116 Å². The quantitative estimate of drug-likeness (QED) is 0.198. The van der Waals surface area contributed by atoms with Gasteiger partial charge in [-0.3, -0.25) is 18.9 Å². The van der Waals surface area contributed by atoms with Crippen LogP contribution < -0.4 is 16.1 Å². The van der Waals surface area contributed by atoms with E-state index in [-0.39, 0.29) is 5.56 Å². The van der Waals surface area contributed by atoms with E-state index in [9.17, 15) is 9.59 Å². The van der Waals surface area contributed by atoms with Crippen LogP contribution in [0.2, 0.25) is 0 Å². The molecule has 214 valence electrons. The fourth-order valence-corrected chi connectivity index (χ4v) is 5.39. The zero-order chi connectivity index (χ0) is 29.1. The molecule has 2 aromatic heterocycles. The molecule has 8 heteroatoms. The minimum Gasteiger partial charge on any atom is -0.494 e. The molecule has 42 heavy (non-hydrogen) atoms. The summed E-state index contributed by atoms with van der Waals surface area (Å²) in [6.45, 7) is 4.68. The Hall–Kier alpha value is -4.72. The summed E-state index contributed by atoms with van der Waals surface area (Å²) in [5.41, 5.74) is 5.86. The molecule has 0 bridgehead atoms. The lowest BCUT2D eigenvalue weighted by Gasteiger charge is -2.18. The molecule has 8 nitrogen and oxygen atoms in total. The number of rotatable bonds is 11. The van der Waals surface area contributed by atoms with Crippen molar-refractivity contribution in [1.29, 1.82) is 0 Å². The highest BCUT2D eigenvalue weighted by atomic mass is 16.5. The number of nitrogens with one attached hydrogen (secondary N) is 1. The van der Waals surface area contributed by atoms with E-state index in [0.717, 1.165) is 77.3 Å². The van der Waals surface area contributed by atoms with Gasteiger partial charge in [0.2, 0.25) is 0 Å². The zero-order valence-corrected chi connectivity index (χ0v) is 23.9. The van der Waals surface area contributed by atoms with Crippen LogP contribution in [-0.2, 0) is 12.8 Å². The second kappa shape index (κ2) is 12.0. The molecule has 1 aliphatic rings. The Morgan fingerprint density at radius 3 is 2.43 bits per heavy atom. The average molecular weight is 563 g/mol. The molecule has 3 aromatic carbocycles. The number of H-pyrrole nitrogens is 1. The molecule has 0 spiro atoms. The van der Waals surface area contributed by atoms with Crippen molar-refractivity contribution in [2.45, 2.75) is 58.3 Å². The SMILES string of the molecule is CCCCc1nc(C2CC2)n(-c2ccc(OCC)cc2)c(=O)c1Cc1ccc(-c2ccccc2)c(-c2noc(=O)[nH]2)c1. The summed E-state index contributed by atoms with van der Waals surface area (Å²) < 4.78 is 12.3. The number of unbranched alkanes of at least 4 members (excludes halogenated alkanes) is 1. The van der Waals surface area contributed by atoms with Gasteiger partial charge in [0.15, 0.2) is 5.82 Å². The maximum atomic E-state index is 14.4. The third-order valence-electron chi connectivity index (χ3n) is 7.65.